The molecule has 0 radical (unpaired) electrons. The van der Waals surface area contributed by atoms with Crippen LogP contribution >= 0.6 is 22.6 Å². The smallest absolute Gasteiger partial charge is 0.338 e. The Kier molecular flexibility index (Phi) is 3.83. The lowest BCUT2D eigenvalue weighted by Crippen LogP contribution is -2.24. The van der Waals surface area contributed by atoms with Crippen molar-refractivity contribution < 1.29 is 9.53 Å². The number of anilines is 1. The number of benzene rings is 1. The van der Waals surface area contributed by atoms with Gasteiger partial charge in [0.05, 0.1) is 5.56 Å². The third kappa shape index (κ3) is 3.37. The molecular weight excluding hydrogens is 317 g/mol. The monoisotopic (exact) mass is 333 g/mol. The van der Waals surface area contributed by atoms with E-state index >= 15 is 0 Å². The van der Waals surface area contributed by atoms with Gasteiger partial charge in [-0.3, -0.25) is 0 Å². The van der Waals surface area contributed by atoms with E-state index in [9.17, 15) is 4.79 Å². The zero-order chi connectivity index (χ0) is 12.5. The fraction of sp³-hybridized carbons (Fsp3) is 0.417. The number of rotatable bonds is 1. The van der Waals surface area contributed by atoms with Crippen molar-refractivity contribution in [2.75, 3.05) is 5.73 Å². The van der Waals surface area contributed by atoms with Crippen LogP contribution in [-0.2, 0) is 4.74 Å². The Morgan fingerprint density at radius 3 is 2.38 bits per heavy atom. The lowest BCUT2D eigenvalue weighted by atomic mass is 10.1. The third-order valence-corrected chi connectivity index (χ3v) is 3.14. The van der Waals surface area contributed by atoms with E-state index in [2.05, 4.69) is 22.6 Å². The summed E-state index contributed by atoms with van der Waals surface area (Å²) in [6, 6.07) is 3.45. The van der Waals surface area contributed by atoms with Crippen LogP contribution in [0.2, 0.25) is 0 Å². The Morgan fingerprint density at radius 2 is 1.94 bits per heavy atom. The van der Waals surface area contributed by atoms with Crippen molar-refractivity contribution in [3.63, 3.8) is 0 Å². The predicted molar refractivity (Wildman–Crippen MR) is 73.5 cm³/mol. The lowest BCUT2D eigenvalue weighted by molar-refractivity contribution is 0.00695. The standard InChI is InChI=1S/C12H16INO2/c1-7-9(13)5-8(6-10(7)14)11(15)16-12(2,3)4/h5-6H,14H2,1-4H3. The van der Waals surface area contributed by atoms with Crippen LogP contribution in [-0.4, -0.2) is 11.6 Å². The summed E-state index contributed by atoms with van der Waals surface area (Å²) in [4.78, 5) is 11.8. The Bertz CT molecular complexity index is 399. The highest BCUT2D eigenvalue weighted by Crippen LogP contribution is 2.22. The molecule has 0 unspecified atom stereocenters. The highest BCUT2D eigenvalue weighted by molar-refractivity contribution is 14.1. The molecule has 0 spiro atoms. The molecule has 0 heterocycles. The van der Waals surface area contributed by atoms with Crippen LogP contribution < -0.4 is 5.73 Å². The number of carbonyl (C=O) groups is 1. The van der Waals surface area contributed by atoms with E-state index in [1.807, 2.05) is 27.7 Å². The first-order chi connectivity index (χ1) is 7.20. The van der Waals surface area contributed by atoms with Gasteiger partial charge in [-0.05, 0) is 68.0 Å². The fourth-order valence-corrected chi connectivity index (χ4v) is 1.80. The maximum absolute atomic E-state index is 11.8. The predicted octanol–water partition coefficient (Wildman–Crippen LogP) is 3.14. The zero-order valence-corrected chi connectivity index (χ0v) is 12.1. The van der Waals surface area contributed by atoms with E-state index in [0.29, 0.717) is 11.3 Å². The Labute approximate surface area is 109 Å². The molecule has 0 aliphatic heterocycles. The van der Waals surface area contributed by atoms with Crippen LogP contribution in [0.25, 0.3) is 0 Å². The minimum Gasteiger partial charge on any atom is -0.456 e. The van der Waals surface area contributed by atoms with E-state index in [0.717, 1.165) is 9.13 Å². The average Bonchev–Trinajstić information content (AvgIpc) is 2.10. The van der Waals surface area contributed by atoms with Crippen molar-refractivity contribution in [2.45, 2.75) is 33.3 Å². The highest BCUT2D eigenvalue weighted by atomic mass is 127. The van der Waals surface area contributed by atoms with Crippen LogP contribution in [0.4, 0.5) is 5.69 Å². The fourth-order valence-electron chi connectivity index (χ4n) is 1.15. The molecule has 1 rings (SSSR count). The van der Waals surface area contributed by atoms with Crippen molar-refractivity contribution in [3.8, 4) is 0 Å². The second-order valence-electron chi connectivity index (χ2n) is 4.67. The van der Waals surface area contributed by atoms with Gasteiger partial charge in [-0.15, -0.1) is 0 Å². The molecule has 88 valence electrons. The van der Waals surface area contributed by atoms with Gasteiger partial charge in [-0.1, -0.05) is 0 Å². The summed E-state index contributed by atoms with van der Waals surface area (Å²) in [7, 11) is 0. The van der Waals surface area contributed by atoms with E-state index in [-0.39, 0.29) is 5.97 Å². The van der Waals surface area contributed by atoms with Gasteiger partial charge in [0, 0.05) is 9.26 Å². The topological polar surface area (TPSA) is 52.3 Å². The highest BCUT2D eigenvalue weighted by Gasteiger charge is 2.18. The van der Waals surface area contributed by atoms with Gasteiger partial charge in [-0.25, -0.2) is 4.79 Å². The van der Waals surface area contributed by atoms with E-state index in [1.165, 1.54) is 0 Å². The minimum absolute atomic E-state index is 0.336. The summed E-state index contributed by atoms with van der Waals surface area (Å²) < 4.78 is 6.25. The molecule has 2 N–H and O–H groups in total. The minimum atomic E-state index is -0.484. The average molecular weight is 333 g/mol. The first kappa shape index (κ1) is 13.3. The van der Waals surface area contributed by atoms with Crippen LogP contribution in [0.1, 0.15) is 36.7 Å². The van der Waals surface area contributed by atoms with E-state index < -0.39 is 5.60 Å². The largest absolute Gasteiger partial charge is 0.456 e. The summed E-state index contributed by atoms with van der Waals surface area (Å²) in [5, 5.41) is 0. The van der Waals surface area contributed by atoms with Crippen LogP contribution in [0.5, 0.6) is 0 Å². The molecule has 0 atom stereocenters. The molecule has 0 aliphatic rings. The summed E-state index contributed by atoms with van der Waals surface area (Å²) in [6.45, 7) is 7.45. The number of ether oxygens (including phenoxy) is 1. The van der Waals surface area contributed by atoms with Crippen molar-refractivity contribution in [2.24, 2.45) is 0 Å². The number of halogens is 1. The lowest BCUT2D eigenvalue weighted by Gasteiger charge is -2.20. The normalized spacial score (nSPS) is 11.3. The number of hydrogen-bond donors (Lipinski definition) is 1. The van der Waals surface area contributed by atoms with E-state index in [4.69, 9.17) is 10.5 Å². The number of hydrogen-bond acceptors (Lipinski definition) is 3. The number of nitrogens with two attached hydrogens (primary N) is 1. The molecule has 0 fully saturated rings. The van der Waals surface area contributed by atoms with E-state index in [1.54, 1.807) is 12.1 Å². The van der Waals surface area contributed by atoms with Gasteiger partial charge < -0.3 is 10.5 Å². The van der Waals surface area contributed by atoms with Crippen LogP contribution in [0.15, 0.2) is 12.1 Å². The zero-order valence-electron chi connectivity index (χ0n) is 9.93. The van der Waals surface area contributed by atoms with Crippen molar-refractivity contribution >= 4 is 34.2 Å². The third-order valence-electron chi connectivity index (χ3n) is 2.02. The van der Waals surface area contributed by atoms with Gasteiger partial charge >= 0.3 is 5.97 Å². The van der Waals surface area contributed by atoms with Gasteiger partial charge in [0.2, 0.25) is 0 Å². The molecule has 3 nitrogen and oxygen atoms in total. The Hall–Kier alpha value is -0.780. The molecule has 0 aliphatic carbocycles. The van der Waals surface area contributed by atoms with Gasteiger partial charge in [-0.2, -0.15) is 0 Å². The molecule has 0 aromatic heterocycles. The first-order valence-corrected chi connectivity index (χ1v) is 6.07. The van der Waals surface area contributed by atoms with Gasteiger partial charge in [0.25, 0.3) is 0 Å². The first-order valence-electron chi connectivity index (χ1n) is 4.99. The summed E-state index contributed by atoms with van der Waals surface area (Å²) >= 11 is 2.16. The molecule has 0 amide bonds. The second kappa shape index (κ2) is 4.61. The molecule has 1 aromatic rings. The Balaban J connectivity index is 3.02. The summed E-state index contributed by atoms with van der Waals surface area (Å²) in [6.07, 6.45) is 0. The van der Waals surface area contributed by atoms with Crippen molar-refractivity contribution in [3.05, 3.63) is 26.8 Å². The molecule has 0 bridgehead atoms. The molecule has 1 aromatic carbocycles. The maximum atomic E-state index is 11.8. The van der Waals surface area contributed by atoms with Gasteiger partial charge in [0.15, 0.2) is 0 Å². The van der Waals surface area contributed by atoms with Gasteiger partial charge in [0.1, 0.15) is 5.60 Å². The molecular formula is C12H16INO2. The van der Waals surface area contributed by atoms with Crippen LogP contribution in [0.3, 0.4) is 0 Å². The number of carbonyl (C=O) groups excluding carboxylic acids is 1. The number of nitrogen functional groups attached to an aromatic ring is 1. The summed E-state index contributed by atoms with van der Waals surface area (Å²) in [5.41, 5.74) is 7.44. The SMILES string of the molecule is Cc1c(N)cc(C(=O)OC(C)(C)C)cc1I. The molecule has 16 heavy (non-hydrogen) atoms. The molecule has 0 saturated carbocycles. The number of esters is 1. The second-order valence-corrected chi connectivity index (χ2v) is 5.84. The van der Waals surface area contributed by atoms with Crippen molar-refractivity contribution in [1.82, 2.24) is 0 Å². The Morgan fingerprint density at radius 1 is 1.38 bits per heavy atom. The summed E-state index contributed by atoms with van der Waals surface area (Å²) in [5.74, 6) is -0.336. The van der Waals surface area contributed by atoms with Crippen molar-refractivity contribution in [1.29, 1.82) is 0 Å². The molecule has 4 heteroatoms. The quantitative estimate of drug-likeness (QED) is 0.488. The maximum Gasteiger partial charge on any atom is 0.338 e. The van der Waals surface area contributed by atoms with Crippen LogP contribution in [0, 0.1) is 10.5 Å². The molecule has 0 saturated heterocycles.